The summed E-state index contributed by atoms with van der Waals surface area (Å²) in [6, 6.07) is 7.87. The van der Waals surface area contributed by atoms with E-state index in [0.29, 0.717) is 5.82 Å². The number of methoxy groups -OCH3 is 1. The van der Waals surface area contributed by atoms with Crippen molar-refractivity contribution in [2.24, 2.45) is 0 Å². The van der Waals surface area contributed by atoms with Crippen LogP contribution in [-0.4, -0.2) is 51.6 Å². The molecule has 0 amide bonds. The van der Waals surface area contributed by atoms with Gasteiger partial charge >= 0.3 is 0 Å². The van der Waals surface area contributed by atoms with Gasteiger partial charge in [0.15, 0.2) is 11.6 Å². The van der Waals surface area contributed by atoms with E-state index in [9.17, 15) is 0 Å². The van der Waals surface area contributed by atoms with Crippen LogP contribution in [0, 0.1) is 0 Å². The monoisotopic (exact) mass is 395 g/mol. The smallest absolute Gasteiger partial charge is 0.162 e. The van der Waals surface area contributed by atoms with E-state index in [1.807, 2.05) is 36.0 Å². The van der Waals surface area contributed by atoms with E-state index in [4.69, 9.17) is 14.7 Å². The first-order chi connectivity index (χ1) is 13.3. The Morgan fingerprint density at radius 1 is 1.04 bits per heavy atom. The molecular weight excluding hydrogens is 378 g/mol. The molecule has 0 aliphatic carbocycles. The zero-order valence-electron chi connectivity index (χ0n) is 14.8. The van der Waals surface area contributed by atoms with Crippen LogP contribution in [-0.2, 0) is 0 Å². The summed E-state index contributed by atoms with van der Waals surface area (Å²) in [5.74, 6) is 4.70. The Kier molecular flexibility index (Phi) is 4.29. The van der Waals surface area contributed by atoms with Crippen LogP contribution in [0.15, 0.2) is 36.7 Å². The third-order valence-electron chi connectivity index (χ3n) is 4.57. The minimum Gasteiger partial charge on any atom is -0.497 e. The molecule has 1 aliphatic heterocycles. The maximum absolute atomic E-state index is 5.38. The molecule has 4 aromatic rings. The minimum absolute atomic E-state index is 0.694. The van der Waals surface area contributed by atoms with Gasteiger partial charge in [0.1, 0.15) is 21.6 Å². The van der Waals surface area contributed by atoms with E-state index >= 15 is 0 Å². The van der Waals surface area contributed by atoms with Gasteiger partial charge in [0.05, 0.1) is 11.8 Å². The van der Waals surface area contributed by atoms with E-state index in [1.165, 1.54) is 0 Å². The zero-order chi connectivity index (χ0) is 18.2. The van der Waals surface area contributed by atoms with Gasteiger partial charge in [-0.25, -0.2) is 19.9 Å². The summed E-state index contributed by atoms with van der Waals surface area (Å²) in [6.07, 6.45) is 3.45. The molecule has 5 rings (SSSR count). The second-order valence-electron chi connectivity index (χ2n) is 6.19. The van der Waals surface area contributed by atoms with Crippen molar-refractivity contribution in [3.8, 4) is 17.1 Å². The Hall–Kier alpha value is -2.45. The molecule has 0 bridgehead atoms. The highest BCUT2D eigenvalue weighted by Gasteiger charge is 2.22. The highest BCUT2D eigenvalue weighted by molar-refractivity contribution is 7.99. The standard InChI is InChI=1S/C19H17N5OS2/c1-25-13-4-2-3-12(11-13)17-22-14-15-19(21-6-5-20-15)27-16(14)18(23-17)24-7-9-26-10-8-24/h2-6,11H,7-10H2,1H3. The number of ether oxygens (including phenoxy) is 1. The van der Waals surface area contributed by atoms with Crippen LogP contribution in [0.25, 0.3) is 32.0 Å². The fourth-order valence-corrected chi connectivity index (χ4v) is 5.19. The van der Waals surface area contributed by atoms with Gasteiger partial charge in [-0.05, 0) is 12.1 Å². The highest BCUT2D eigenvalue weighted by Crippen LogP contribution is 2.38. The van der Waals surface area contributed by atoms with Crippen LogP contribution in [0.5, 0.6) is 5.75 Å². The Labute approximate surface area is 164 Å². The second-order valence-corrected chi connectivity index (χ2v) is 8.42. The van der Waals surface area contributed by atoms with Crippen LogP contribution >= 0.6 is 23.1 Å². The fourth-order valence-electron chi connectivity index (χ4n) is 3.23. The van der Waals surface area contributed by atoms with Crippen molar-refractivity contribution in [1.82, 2.24) is 19.9 Å². The summed E-state index contributed by atoms with van der Waals surface area (Å²) in [5, 5.41) is 0. The van der Waals surface area contributed by atoms with Crippen LogP contribution < -0.4 is 9.64 Å². The normalized spacial score (nSPS) is 14.8. The highest BCUT2D eigenvalue weighted by atomic mass is 32.2. The first kappa shape index (κ1) is 16.7. The molecular formula is C19H17N5OS2. The number of hydrogen-bond donors (Lipinski definition) is 0. The maximum Gasteiger partial charge on any atom is 0.162 e. The molecule has 27 heavy (non-hydrogen) atoms. The summed E-state index contributed by atoms with van der Waals surface area (Å²) in [7, 11) is 1.67. The molecule has 4 heterocycles. The predicted molar refractivity (Wildman–Crippen MR) is 112 cm³/mol. The molecule has 1 saturated heterocycles. The first-order valence-corrected chi connectivity index (χ1v) is 10.7. The van der Waals surface area contributed by atoms with Crippen molar-refractivity contribution in [3.05, 3.63) is 36.7 Å². The van der Waals surface area contributed by atoms with E-state index in [0.717, 1.165) is 62.3 Å². The van der Waals surface area contributed by atoms with Crippen molar-refractivity contribution in [3.63, 3.8) is 0 Å². The van der Waals surface area contributed by atoms with E-state index < -0.39 is 0 Å². The van der Waals surface area contributed by atoms with Gasteiger partial charge in [-0.1, -0.05) is 12.1 Å². The number of thiophene rings is 1. The van der Waals surface area contributed by atoms with Crippen molar-refractivity contribution in [2.45, 2.75) is 0 Å². The lowest BCUT2D eigenvalue weighted by Gasteiger charge is -2.28. The third kappa shape index (κ3) is 2.98. The third-order valence-corrected chi connectivity index (χ3v) is 6.59. The molecule has 6 nitrogen and oxygen atoms in total. The molecule has 0 saturated carbocycles. The van der Waals surface area contributed by atoms with Crippen molar-refractivity contribution >= 4 is 49.5 Å². The molecule has 1 aromatic carbocycles. The Morgan fingerprint density at radius 2 is 1.89 bits per heavy atom. The number of thioether (sulfide) groups is 1. The average Bonchev–Trinajstić information content (AvgIpc) is 3.12. The maximum atomic E-state index is 5.38. The van der Waals surface area contributed by atoms with E-state index in [2.05, 4.69) is 14.9 Å². The lowest BCUT2D eigenvalue weighted by atomic mass is 10.2. The molecule has 0 spiro atoms. The topological polar surface area (TPSA) is 64.0 Å². The number of anilines is 1. The molecule has 0 atom stereocenters. The van der Waals surface area contributed by atoms with Gasteiger partial charge in [-0.3, -0.25) is 0 Å². The average molecular weight is 396 g/mol. The molecule has 136 valence electrons. The van der Waals surface area contributed by atoms with E-state index in [-0.39, 0.29) is 0 Å². The molecule has 1 aliphatic rings. The van der Waals surface area contributed by atoms with Crippen molar-refractivity contribution < 1.29 is 4.74 Å². The minimum atomic E-state index is 0.694. The fraction of sp³-hybridized carbons (Fsp3) is 0.263. The SMILES string of the molecule is COc1cccc(-c2nc(N3CCSCC3)c3sc4nccnc4c3n2)c1. The largest absolute Gasteiger partial charge is 0.497 e. The molecule has 0 radical (unpaired) electrons. The lowest BCUT2D eigenvalue weighted by Crippen LogP contribution is -2.33. The second kappa shape index (κ2) is 6.94. The summed E-state index contributed by atoms with van der Waals surface area (Å²) in [4.78, 5) is 22.1. The van der Waals surface area contributed by atoms with Crippen LogP contribution in [0.2, 0.25) is 0 Å². The quantitative estimate of drug-likeness (QED) is 0.522. The lowest BCUT2D eigenvalue weighted by molar-refractivity contribution is 0.415. The van der Waals surface area contributed by atoms with Gasteiger partial charge in [0.25, 0.3) is 0 Å². The molecule has 1 fully saturated rings. The van der Waals surface area contributed by atoms with Gasteiger partial charge in [-0.15, -0.1) is 11.3 Å². The number of benzene rings is 1. The summed E-state index contributed by atoms with van der Waals surface area (Å²) < 4.78 is 6.44. The van der Waals surface area contributed by atoms with Gasteiger partial charge in [0, 0.05) is 42.6 Å². The number of nitrogens with zero attached hydrogens (tertiary/aromatic N) is 5. The van der Waals surface area contributed by atoms with Crippen LogP contribution in [0.4, 0.5) is 5.82 Å². The number of rotatable bonds is 3. The van der Waals surface area contributed by atoms with Gasteiger partial charge in [0.2, 0.25) is 0 Å². The Morgan fingerprint density at radius 3 is 2.74 bits per heavy atom. The molecule has 3 aromatic heterocycles. The predicted octanol–water partition coefficient (Wildman–Crippen LogP) is 3.86. The Bertz CT molecular complexity index is 1120. The van der Waals surface area contributed by atoms with Gasteiger partial charge < -0.3 is 9.64 Å². The number of hydrogen-bond acceptors (Lipinski definition) is 8. The van der Waals surface area contributed by atoms with E-state index in [1.54, 1.807) is 30.8 Å². The van der Waals surface area contributed by atoms with Crippen molar-refractivity contribution in [2.75, 3.05) is 36.6 Å². The molecule has 8 heteroatoms. The van der Waals surface area contributed by atoms with Crippen LogP contribution in [0.3, 0.4) is 0 Å². The van der Waals surface area contributed by atoms with Gasteiger partial charge in [-0.2, -0.15) is 11.8 Å². The zero-order valence-corrected chi connectivity index (χ0v) is 16.4. The first-order valence-electron chi connectivity index (χ1n) is 8.72. The molecule has 0 N–H and O–H groups in total. The summed E-state index contributed by atoms with van der Waals surface area (Å²) in [6.45, 7) is 1.98. The number of fused-ring (bicyclic) bond motifs is 3. The Balaban J connectivity index is 1.77. The van der Waals surface area contributed by atoms with Crippen molar-refractivity contribution in [1.29, 1.82) is 0 Å². The molecule has 0 unspecified atom stereocenters. The van der Waals surface area contributed by atoms with Crippen LogP contribution in [0.1, 0.15) is 0 Å². The summed E-state index contributed by atoms with van der Waals surface area (Å²) in [5.41, 5.74) is 2.66. The number of aromatic nitrogens is 4. The summed E-state index contributed by atoms with van der Waals surface area (Å²) >= 11 is 3.61.